The minimum absolute atomic E-state index is 0.0216. The number of fused-ring (bicyclic) bond motifs is 4. The van der Waals surface area contributed by atoms with Crippen LogP contribution in [-0.2, 0) is 24.2 Å². The van der Waals surface area contributed by atoms with Gasteiger partial charge >= 0.3 is 0 Å². The van der Waals surface area contributed by atoms with Crippen molar-refractivity contribution in [2.24, 2.45) is 0 Å². The van der Waals surface area contributed by atoms with Crippen LogP contribution in [-0.4, -0.2) is 39.2 Å². The molecule has 0 radical (unpaired) electrons. The fourth-order valence-corrected chi connectivity index (χ4v) is 4.20. The molecule has 27 heavy (non-hydrogen) atoms. The molecule has 2 aromatic carbocycles. The van der Waals surface area contributed by atoms with Gasteiger partial charge in [0.05, 0.1) is 47.4 Å². The van der Waals surface area contributed by atoms with Gasteiger partial charge in [0.25, 0.3) is 0 Å². The van der Waals surface area contributed by atoms with Crippen molar-refractivity contribution in [3.8, 4) is 23.0 Å². The molecule has 1 unspecified atom stereocenters. The first-order valence-electron chi connectivity index (χ1n) is 8.88. The molecule has 0 bridgehead atoms. The molecule has 0 N–H and O–H groups in total. The van der Waals surface area contributed by atoms with Crippen LogP contribution >= 0.6 is 0 Å². The SMILES string of the molecule is COc1cc2c(cc1OC)C1Cc3ccc(OC)c(OC)c3CN1C(=O)C2. The summed E-state index contributed by atoms with van der Waals surface area (Å²) in [6, 6.07) is 7.89. The highest BCUT2D eigenvalue weighted by Gasteiger charge is 2.38. The van der Waals surface area contributed by atoms with Crippen molar-refractivity contribution in [2.75, 3.05) is 28.4 Å². The monoisotopic (exact) mass is 369 g/mol. The van der Waals surface area contributed by atoms with Crippen LogP contribution in [0.1, 0.15) is 28.3 Å². The van der Waals surface area contributed by atoms with Crippen LogP contribution in [0.5, 0.6) is 23.0 Å². The minimum Gasteiger partial charge on any atom is -0.493 e. The molecule has 0 aromatic heterocycles. The summed E-state index contributed by atoms with van der Waals surface area (Å²) < 4.78 is 21.9. The van der Waals surface area contributed by atoms with E-state index >= 15 is 0 Å². The van der Waals surface area contributed by atoms with Crippen LogP contribution in [0.3, 0.4) is 0 Å². The summed E-state index contributed by atoms with van der Waals surface area (Å²) in [5.74, 6) is 2.84. The van der Waals surface area contributed by atoms with Gasteiger partial charge in [-0.1, -0.05) is 6.07 Å². The lowest BCUT2D eigenvalue weighted by atomic mass is 9.83. The first-order chi connectivity index (χ1) is 13.1. The highest BCUT2D eigenvalue weighted by Crippen LogP contribution is 2.46. The van der Waals surface area contributed by atoms with Crippen LogP contribution in [0.15, 0.2) is 24.3 Å². The lowest BCUT2D eigenvalue weighted by Crippen LogP contribution is -2.43. The van der Waals surface area contributed by atoms with E-state index in [1.807, 2.05) is 23.1 Å². The largest absolute Gasteiger partial charge is 0.493 e. The van der Waals surface area contributed by atoms with E-state index in [-0.39, 0.29) is 11.9 Å². The Morgan fingerprint density at radius 1 is 0.889 bits per heavy atom. The molecule has 2 aliphatic heterocycles. The maximum Gasteiger partial charge on any atom is 0.227 e. The first-order valence-corrected chi connectivity index (χ1v) is 8.88. The lowest BCUT2D eigenvalue weighted by molar-refractivity contribution is -0.135. The van der Waals surface area contributed by atoms with E-state index in [2.05, 4.69) is 6.07 Å². The van der Waals surface area contributed by atoms with Crippen molar-refractivity contribution >= 4 is 5.91 Å². The third-order valence-corrected chi connectivity index (χ3v) is 5.53. The number of ether oxygens (including phenoxy) is 4. The minimum atomic E-state index is -0.0216. The molecule has 4 rings (SSSR count). The van der Waals surface area contributed by atoms with Gasteiger partial charge in [-0.05, 0) is 41.3 Å². The number of hydrogen-bond donors (Lipinski definition) is 0. The molecule has 2 aromatic rings. The summed E-state index contributed by atoms with van der Waals surface area (Å²) in [5, 5.41) is 0. The number of carbonyl (C=O) groups excluding carboxylic acids is 1. The van der Waals surface area contributed by atoms with Gasteiger partial charge in [-0.15, -0.1) is 0 Å². The third-order valence-electron chi connectivity index (χ3n) is 5.53. The number of amides is 1. The second kappa shape index (κ2) is 6.68. The predicted octanol–water partition coefficient (Wildman–Crippen LogP) is 2.90. The van der Waals surface area contributed by atoms with E-state index in [9.17, 15) is 4.79 Å². The molecule has 1 amide bonds. The molecule has 1 atom stereocenters. The highest BCUT2D eigenvalue weighted by molar-refractivity contribution is 5.83. The summed E-state index contributed by atoms with van der Waals surface area (Å²) in [5.41, 5.74) is 4.31. The molecular formula is C21H23NO5. The molecule has 142 valence electrons. The number of nitrogens with zero attached hydrogens (tertiary/aromatic N) is 1. The molecule has 0 aliphatic carbocycles. The number of hydrogen-bond acceptors (Lipinski definition) is 5. The van der Waals surface area contributed by atoms with E-state index in [0.717, 1.165) is 23.1 Å². The van der Waals surface area contributed by atoms with Crippen molar-refractivity contribution in [1.82, 2.24) is 4.90 Å². The Kier molecular flexibility index (Phi) is 4.34. The van der Waals surface area contributed by atoms with E-state index < -0.39 is 0 Å². The summed E-state index contributed by atoms with van der Waals surface area (Å²) in [4.78, 5) is 14.8. The van der Waals surface area contributed by atoms with E-state index in [0.29, 0.717) is 36.0 Å². The van der Waals surface area contributed by atoms with Crippen molar-refractivity contribution in [3.63, 3.8) is 0 Å². The summed E-state index contributed by atoms with van der Waals surface area (Å²) in [7, 11) is 6.49. The smallest absolute Gasteiger partial charge is 0.227 e. The number of rotatable bonds is 4. The van der Waals surface area contributed by atoms with E-state index in [1.165, 1.54) is 5.56 Å². The van der Waals surface area contributed by atoms with Gasteiger partial charge in [0, 0.05) is 5.56 Å². The fraction of sp³-hybridized carbons (Fsp3) is 0.381. The Morgan fingerprint density at radius 2 is 1.59 bits per heavy atom. The van der Waals surface area contributed by atoms with Crippen LogP contribution < -0.4 is 18.9 Å². The van der Waals surface area contributed by atoms with Gasteiger partial charge in [0.15, 0.2) is 23.0 Å². The van der Waals surface area contributed by atoms with Crippen LogP contribution in [0.25, 0.3) is 0 Å². The van der Waals surface area contributed by atoms with Crippen molar-refractivity contribution in [3.05, 3.63) is 46.5 Å². The van der Waals surface area contributed by atoms with Gasteiger partial charge in [-0.2, -0.15) is 0 Å². The molecule has 0 fully saturated rings. The van der Waals surface area contributed by atoms with Gasteiger partial charge < -0.3 is 23.8 Å². The highest BCUT2D eigenvalue weighted by atomic mass is 16.5. The lowest BCUT2D eigenvalue weighted by Gasteiger charge is -2.42. The second-order valence-electron chi connectivity index (χ2n) is 6.76. The van der Waals surface area contributed by atoms with Crippen LogP contribution in [0, 0.1) is 0 Å². The normalized spacial score (nSPS) is 17.6. The average Bonchev–Trinajstić information content (AvgIpc) is 2.70. The number of benzene rings is 2. The van der Waals surface area contributed by atoms with Crippen molar-refractivity contribution in [2.45, 2.75) is 25.4 Å². The molecule has 2 aliphatic rings. The van der Waals surface area contributed by atoms with Gasteiger partial charge in [0.1, 0.15) is 0 Å². The number of methoxy groups -OCH3 is 4. The molecule has 6 nitrogen and oxygen atoms in total. The van der Waals surface area contributed by atoms with Crippen molar-refractivity contribution in [1.29, 1.82) is 0 Å². The standard InChI is InChI=1S/C21H23NO5/c1-24-17-6-5-12-7-16-14-10-19(26-3)18(25-2)8-13(14)9-20(23)22(16)11-15(12)21(17)27-4/h5-6,8,10,16H,7,9,11H2,1-4H3. The van der Waals surface area contributed by atoms with Gasteiger partial charge in [0.2, 0.25) is 5.91 Å². The van der Waals surface area contributed by atoms with E-state index in [1.54, 1.807) is 28.4 Å². The van der Waals surface area contributed by atoms with Gasteiger partial charge in [-0.25, -0.2) is 0 Å². The average molecular weight is 369 g/mol. The zero-order valence-electron chi connectivity index (χ0n) is 16.0. The zero-order chi connectivity index (χ0) is 19.1. The van der Waals surface area contributed by atoms with Crippen molar-refractivity contribution < 1.29 is 23.7 Å². The quantitative estimate of drug-likeness (QED) is 0.829. The first kappa shape index (κ1) is 17.5. The summed E-state index contributed by atoms with van der Waals surface area (Å²) in [6.07, 6.45) is 1.08. The molecule has 0 saturated carbocycles. The summed E-state index contributed by atoms with van der Waals surface area (Å²) in [6.45, 7) is 0.507. The Hall–Kier alpha value is -2.89. The zero-order valence-corrected chi connectivity index (χ0v) is 16.0. The second-order valence-corrected chi connectivity index (χ2v) is 6.76. The third kappa shape index (κ3) is 2.67. The van der Waals surface area contributed by atoms with Crippen LogP contribution in [0.4, 0.5) is 0 Å². The maximum atomic E-state index is 12.9. The Balaban J connectivity index is 1.82. The predicted molar refractivity (Wildman–Crippen MR) is 99.8 cm³/mol. The molecule has 0 spiro atoms. The fourth-order valence-electron chi connectivity index (χ4n) is 4.20. The molecule has 2 heterocycles. The molecule has 6 heteroatoms. The Morgan fingerprint density at radius 3 is 2.26 bits per heavy atom. The topological polar surface area (TPSA) is 57.2 Å². The van der Waals surface area contributed by atoms with Crippen LogP contribution in [0.2, 0.25) is 0 Å². The maximum absolute atomic E-state index is 12.9. The summed E-state index contributed by atoms with van der Waals surface area (Å²) >= 11 is 0. The van der Waals surface area contributed by atoms with E-state index in [4.69, 9.17) is 18.9 Å². The molecule has 0 saturated heterocycles. The Bertz CT molecular complexity index is 908. The number of carbonyl (C=O) groups is 1. The molecular weight excluding hydrogens is 346 g/mol. The van der Waals surface area contributed by atoms with Gasteiger partial charge in [-0.3, -0.25) is 4.79 Å². The Labute approximate surface area is 158 Å².